The van der Waals surface area contributed by atoms with E-state index < -0.39 is 0 Å². The number of rotatable bonds is 7. The van der Waals surface area contributed by atoms with E-state index in [-0.39, 0.29) is 17.9 Å². The summed E-state index contributed by atoms with van der Waals surface area (Å²) < 4.78 is 0. The van der Waals surface area contributed by atoms with E-state index in [1.165, 1.54) is 6.92 Å². The second kappa shape index (κ2) is 8.09. The lowest BCUT2D eigenvalue weighted by Crippen LogP contribution is -2.38. The van der Waals surface area contributed by atoms with Gasteiger partial charge < -0.3 is 10.2 Å². The zero-order valence-corrected chi connectivity index (χ0v) is 11.7. The highest BCUT2D eigenvalue weighted by Crippen LogP contribution is 2.01. The van der Waals surface area contributed by atoms with E-state index in [9.17, 15) is 9.59 Å². The first-order valence-corrected chi connectivity index (χ1v) is 6.38. The normalized spacial score (nSPS) is 10.8. The van der Waals surface area contributed by atoms with Crippen LogP contribution < -0.4 is 5.32 Å². The Morgan fingerprint density at radius 2 is 1.76 bits per heavy atom. The van der Waals surface area contributed by atoms with E-state index >= 15 is 0 Å². The van der Waals surface area contributed by atoms with Gasteiger partial charge >= 0.3 is 0 Å². The van der Waals surface area contributed by atoms with Crippen molar-refractivity contribution in [3.05, 3.63) is 0 Å². The van der Waals surface area contributed by atoms with Crippen LogP contribution in [0.25, 0.3) is 0 Å². The SMILES string of the molecule is CC(=O)N(CCC(=O)NCCC(C)C)C(C)C. The first-order valence-electron chi connectivity index (χ1n) is 6.38. The van der Waals surface area contributed by atoms with Crippen molar-refractivity contribution in [1.29, 1.82) is 0 Å². The first-order chi connectivity index (χ1) is 7.84. The monoisotopic (exact) mass is 242 g/mol. The third-order valence-corrected chi connectivity index (χ3v) is 2.65. The third-order valence-electron chi connectivity index (χ3n) is 2.65. The smallest absolute Gasteiger partial charge is 0.221 e. The van der Waals surface area contributed by atoms with E-state index in [0.717, 1.165) is 13.0 Å². The maximum atomic E-state index is 11.5. The fourth-order valence-corrected chi connectivity index (χ4v) is 1.59. The molecule has 0 radical (unpaired) electrons. The van der Waals surface area contributed by atoms with Gasteiger partial charge in [-0.25, -0.2) is 0 Å². The van der Waals surface area contributed by atoms with Gasteiger partial charge in [-0.05, 0) is 26.2 Å². The van der Waals surface area contributed by atoms with Gasteiger partial charge in [0, 0.05) is 32.5 Å². The maximum Gasteiger partial charge on any atom is 0.221 e. The molecule has 0 heterocycles. The number of carbonyl (C=O) groups is 2. The third kappa shape index (κ3) is 7.77. The van der Waals surface area contributed by atoms with Gasteiger partial charge in [0.1, 0.15) is 0 Å². The maximum absolute atomic E-state index is 11.5. The molecule has 0 aliphatic rings. The summed E-state index contributed by atoms with van der Waals surface area (Å²) in [5.41, 5.74) is 0. The average molecular weight is 242 g/mol. The van der Waals surface area contributed by atoms with Gasteiger partial charge in [-0.1, -0.05) is 13.8 Å². The second-order valence-electron chi connectivity index (χ2n) is 5.09. The highest BCUT2D eigenvalue weighted by Gasteiger charge is 2.13. The van der Waals surface area contributed by atoms with E-state index in [1.54, 1.807) is 4.90 Å². The van der Waals surface area contributed by atoms with Gasteiger partial charge in [0.2, 0.25) is 11.8 Å². The number of nitrogens with one attached hydrogen (secondary N) is 1. The molecule has 17 heavy (non-hydrogen) atoms. The van der Waals surface area contributed by atoms with Crippen LogP contribution in [-0.2, 0) is 9.59 Å². The molecule has 4 nitrogen and oxygen atoms in total. The number of amides is 2. The summed E-state index contributed by atoms with van der Waals surface area (Å²) in [7, 11) is 0. The van der Waals surface area contributed by atoms with Gasteiger partial charge in [0.25, 0.3) is 0 Å². The first kappa shape index (κ1) is 15.9. The van der Waals surface area contributed by atoms with Crippen LogP contribution in [0.3, 0.4) is 0 Å². The topological polar surface area (TPSA) is 49.4 Å². The van der Waals surface area contributed by atoms with Gasteiger partial charge in [-0.3, -0.25) is 9.59 Å². The molecule has 2 amide bonds. The van der Waals surface area contributed by atoms with Crippen molar-refractivity contribution >= 4 is 11.8 Å². The van der Waals surface area contributed by atoms with Crippen LogP contribution in [0.1, 0.15) is 47.5 Å². The van der Waals surface area contributed by atoms with E-state index in [4.69, 9.17) is 0 Å². The molecule has 0 saturated heterocycles. The Morgan fingerprint density at radius 3 is 2.18 bits per heavy atom. The minimum atomic E-state index is 0.0231. The predicted molar refractivity (Wildman–Crippen MR) is 69.6 cm³/mol. The lowest BCUT2D eigenvalue weighted by Gasteiger charge is -2.25. The van der Waals surface area contributed by atoms with Crippen molar-refractivity contribution in [1.82, 2.24) is 10.2 Å². The summed E-state index contributed by atoms with van der Waals surface area (Å²) in [6.45, 7) is 10.9. The summed E-state index contributed by atoms with van der Waals surface area (Å²) >= 11 is 0. The minimum absolute atomic E-state index is 0.0231. The van der Waals surface area contributed by atoms with E-state index in [0.29, 0.717) is 18.9 Å². The Kier molecular flexibility index (Phi) is 7.59. The van der Waals surface area contributed by atoms with Gasteiger partial charge in [0.05, 0.1) is 0 Å². The largest absolute Gasteiger partial charge is 0.356 e. The lowest BCUT2D eigenvalue weighted by molar-refractivity contribution is -0.131. The summed E-state index contributed by atoms with van der Waals surface area (Å²) in [5, 5.41) is 2.87. The Bertz CT molecular complexity index is 250. The van der Waals surface area contributed by atoms with Gasteiger partial charge in [-0.2, -0.15) is 0 Å². The highest BCUT2D eigenvalue weighted by atomic mass is 16.2. The van der Waals surface area contributed by atoms with Gasteiger partial charge in [-0.15, -0.1) is 0 Å². The van der Waals surface area contributed by atoms with Crippen molar-refractivity contribution in [3.63, 3.8) is 0 Å². The fraction of sp³-hybridized carbons (Fsp3) is 0.846. The molecule has 0 aromatic heterocycles. The summed E-state index contributed by atoms with van der Waals surface area (Å²) in [4.78, 5) is 24.5. The zero-order valence-electron chi connectivity index (χ0n) is 11.7. The molecule has 0 aromatic carbocycles. The standard InChI is InChI=1S/C13H26N2O2/c1-10(2)6-8-14-13(17)7-9-15(11(3)4)12(5)16/h10-11H,6-9H2,1-5H3,(H,14,17). The van der Waals surface area contributed by atoms with Crippen molar-refractivity contribution in [2.24, 2.45) is 5.92 Å². The molecule has 0 saturated carbocycles. The lowest BCUT2D eigenvalue weighted by atomic mass is 10.1. The number of nitrogens with zero attached hydrogens (tertiary/aromatic N) is 1. The highest BCUT2D eigenvalue weighted by molar-refractivity contribution is 5.78. The number of hydrogen-bond acceptors (Lipinski definition) is 2. The van der Waals surface area contributed by atoms with Crippen LogP contribution in [0.5, 0.6) is 0 Å². The Labute approximate surface area is 105 Å². The molecule has 0 unspecified atom stereocenters. The van der Waals surface area contributed by atoms with Crippen LogP contribution in [-0.4, -0.2) is 35.8 Å². The molecule has 0 atom stereocenters. The molecular formula is C13H26N2O2. The summed E-state index contributed by atoms with van der Waals surface area (Å²) in [6, 6.07) is 0.149. The summed E-state index contributed by atoms with van der Waals surface area (Å²) in [5.74, 6) is 0.646. The molecule has 1 N–H and O–H groups in total. The van der Waals surface area contributed by atoms with Crippen molar-refractivity contribution in [2.45, 2.75) is 53.5 Å². The molecule has 0 rings (SSSR count). The molecule has 0 bridgehead atoms. The quantitative estimate of drug-likeness (QED) is 0.740. The van der Waals surface area contributed by atoms with Crippen LogP contribution in [0, 0.1) is 5.92 Å². The molecule has 0 fully saturated rings. The Balaban J connectivity index is 3.85. The molecule has 0 aliphatic carbocycles. The fourth-order valence-electron chi connectivity index (χ4n) is 1.59. The number of carbonyl (C=O) groups excluding carboxylic acids is 2. The molecule has 4 heteroatoms. The van der Waals surface area contributed by atoms with Crippen molar-refractivity contribution < 1.29 is 9.59 Å². The molecule has 0 aliphatic heterocycles. The van der Waals surface area contributed by atoms with Crippen LogP contribution >= 0.6 is 0 Å². The predicted octanol–water partition coefficient (Wildman–Crippen LogP) is 1.80. The Hall–Kier alpha value is -1.06. The van der Waals surface area contributed by atoms with Gasteiger partial charge in [0.15, 0.2) is 0 Å². The van der Waals surface area contributed by atoms with Crippen molar-refractivity contribution in [2.75, 3.05) is 13.1 Å². The minimum Gasteiger partial charge on any atom is -0.356 e. The zero-order chi connectivity index (χ0) is 13.4. The van der Waals surface area contributed by atoms with Crippen LogP contribution in [0.15, 0.2) is 0 Å². The van der Waals surface area contributed by atoms with Crippen LogP contribution in [0.2, 0.25) is 0 Å². The molecular weight excluding hydrogens is 216 g/mol. The number of hydrogen-bond donors (Lipinski definition) is 1. The van der Waals surface area contributed by atoms with E-state index in [2.05, 4.69) is 19.2 Å². The average Bonchev–Trinajstić information content (AvgIpc) is 2.15. The molecule has 0 spiro atoms. The molecule has 0 aromatic rings. The summed E-state index contributed by atoms with van der Waals surface area (Å²) in [6.07, 6.45) is 1.38. The second-order valence-corrected chi connectivity index (χ2v) is 5.09. The van der Waals surface area contributed by atoms with Crippen molar-refractivity contribution in [3.8, 4) is 0 Å². The van der Waals surface area contributed by atoms with E-state index in [1.807, 2.05) is 13.8 Å². The van der Waals surface area contributed by atoms with Crippen LogP contribution in [0.4, 0.5) is 0 Å². The Morgan fingerprint density at radius 1 is 1.18 bits per heavy atom. The molecule has 100 valence electrons.